The number of halogens is 2. The summed E-state index contributed by atoms with van der Waals surface area (Å²) in [7, 11) is 0. The number of hydrogen-bond donors (Lipinski definition) is 0. The lowest BCUT2D eigenvalue weighted by Crippen LogP contribution is -2.07. The van der Waals surface area contributed by atoms with Crippen LogP contribution in [0.3, 0.4) is 0 Å². The molecule has 1 aromatic rings. The number of ether oxygens (including phenoxy) is 2. The number of rotatable bonds is 7. The monoisotopic (exact) mass is 306 g/mol. The van der Waals surface area contributed by atoms with Crippen LogP contribution in [0.2, 0.25) is 0 Å². The highest BCUT2D eigenvalue weighted by atomic mass is 79.9. The van der Waals surface area contributed by atoms with Gasteiger partial charge < -0.3 is 9.47 Å². The van der Waals surface area contributed by atoms with Crippen molar-refractivity contribution in [2.75, 3.05) is 19.8 Å². The molecule has 16 heavy (non-hydrogen) atoms. The van der Waals surface area contributed by atoms with E-state index in [1.807, 2.05) is 18.2 Å². The molecule has 0 amide bonds. The maximum absolute atomic E-state index is 5.73. The normalized spacial score (nSPS) is 10.4. The van der Waals surface area contributed by atoms with Gasteiger partial charge >= 0.3 is 0 Å². The van der Waals surface area contributed by atoms with Gasteiger partial charge in [-0.2, -0.15) is 0 Å². The first-order valence-electron chi connectivity index (χ1n) is 5.33. The zero-order valence-electron chi connectivity index (χ0n) is 9.34. The molecule has 0 aliphatic heterocycles. The van der Waals surface area contributed by atoms with Gasteiger partial charge in [0, 0.05) is 12.5 Å². The quantitative estimate of drug-likeness (QED) is 0.560. The molecule has 0 saturated heterocycles. The smallest absolute Gasteiger partial charge is 0.133 e. The lowest BCUT2D eigenvalue weighted by atomic mass is 10.2. The van der Waals surface area contributed by atoms with Crippen molar-refractivity contribution in [1.29, 1.82) is 0 Å². The Kier molecular flexibility index (Phi) is 6.85. The summed E-state index contributed by atoms with van der Waals surface area (Å²) in [6.07, 6.45) is 1.04. The highest BCUT2D eigenvalue weighted by Crippen LogP contribution is 2.26. The lowest BCUT2D eigenvalue weighted by Gasteiger charge is -2.09. The zero-order valence-corrected chi connectivity index (χ0v) is 11.7. The van der Waals surface area contributed by atoms with E-state index in [9.17, 15) is 0 Å². The maximum atomic E-state index is 5.73. The maximum Gasteiger partial charge on any atom is 0.133 e. The van der Waals surface area contributed by atoms with Crippen molar-refractivity contribution in [1.82, 2.24) is 0 Å². The molecule has 0 unspecified atom stereocenters. The molecule has 2 nitrogen and oxygen atoms in total. The Hall–Kier alpha value is -0.250. The van der Waals surface area contributed by atoms with Crippen LogP contribution < -0.4 is 4.74 Å². The van der Waals surface area contributed by atoms with Gasteiger partial charge in [-0.15, -0.1) is 11.6 Å². The predicted octanol–water partition coefficient (Wildman–Crippen LogP) is 3.99. The van der Waals surface area contributed by atoms with Gasteiger partial charge in [-0.05, 0) is 40.0 Å². The van der Waals surface area contributed by atoms with Crippen LogP contribution >= 0.6 is 27.5 Å². The fraction of sp³-hybridized carbons (Fsp3) is 0.500. The van der Waals surface area contributed by atoms with Crippen molar-refractivity contribution in [3.8, 4) is 5.75 Å². The zero-order chi connectivity index (χ0) is 11.8. The molecule has 0 fully saturated rings. The molecule has 0 aromatic heterocycles. The van der Waals surface area contributed by atoms with Crippen molar-refractivity contribution in [2.24, 2.45) is 0 Å². The standard InChI is InChI=1S/C12H16BrClO2/c1-2-5-15-6-7-16-12-4-3-10(9-14)8-11(12)13/h3-4,8H,2,5-7,9H2,1H3. The van der Waals surface area contributed by atoms with Gasteiger partial charge in [0.2, 0.25) is 0 Å². The SMILES string of the molecule is CCCOCCOc1ccc(CCl)cc1Br. The van der Waals surface area contributed by atoms with E-state index in [-0.39, 0.29) is 0 Å². The molecule has 1 aromatic carbocycles. The Bertz CT molecular complexity index is 318. The summed E-state index contributed by atoms with van der Waals surface area (Å²) in [4.78, 5) is 0. The van der Waals surface area contributed by atoms with Crippen molar-refractivity contribution in [2.45, 2.75) is 19.2 Å². The van der Waals surface area contributed by atoms with Gasteiger partial charge in [-0.25, -0.2) is 0 Å². The number of alkyl halides is 1. The summed E-state index contributed by atoms with van der Waals surface area (Å²) in [6, 6.07) is 5.84. The van der Waals surface area contributed by atoms with E-state index in [1.54, 1.807) is 0 Å². The number of benzene rings is 1. The average Bonchev–Trinajstić information content (AvgIpc) is 2.30. The van der Waals surface area contributed by atoms with E-state index < -0.39 is 0 Å². The van der Waals surface area contributed by atoms with Crippen LogP contribution in [0.15, 0.2) is 22.7 Å². The van der Waals surface area contributed by atoms with Crippen LogP contribution in [0, 0.1) is 0 Å². The summed E-state index contributed by atoms with van der Waals surface area (Å²) < 4.78 is 11.8. The first-order valence-corrected chi connectivity index (χ1v) is 6.65. The van der Waals surface area contributed by atoms with Crippen molar-refractivity contribution in [3.63, 3.8) is 0 Å². The van der Waals surface area contributed by atoms with Crippen LogP contribution in [0.5, 0.6) is 5.75 Å². The lowest BCUT2D eigenvalue weighted by molar-refractivity contribution is 0.100. The topological polar surface area (TPSA) is 18.5 Å². The van der Waals surface area contributed by atoms with Gasteiger partial charge in [0.15, 0.2) is 0 Å². The van der Waals surface area contributed by atoms with Crippen molar-refractivity contribution in [3.05, 3.63) is 28.2 Å². The second kappa shape index (κ2) is 7.93. The van der Waals surface area contributed by atoms with Crippen LogP contribution in [-0.2, 0) is 10.6 Å². The van der Waals surface area contributed by atoms with E-state index in [0.717, 1.165) is 28.8 Å². The van der Waals surface area contributed by atoms with Crippen molar-refractivity contribution >= 4 is 27.5 Å². The van der Waals surface area contributed by atoms with Crippen LogP contribution in [0.25, 0.3) is 0 Å². The largest absolute Gasteiger partial charge is 0.490 e. The summed E-state index contributed by atoms with van der Waals surface area (Å²) in [6.45, 7) is 4.06. The molecule has 0 spiro atoms. The minimum absolute atomic E-state index is 0.512. The third kappa shape index (κ3) is 4.73. The van der Waals surface area contributed by atoms with Gasteiger partial charge in [-0.1, -0.05) is 13.0 Å². The van der Waals surface area contributed by atoms with E-state index in [1.165, 1.54) is 0 Å². The Morgan fingerprint density at radius 3 is 2.69 bits per heavy atom. The third-order valence-electron chi connectivity index (χ3n) is 1.98. The summed E-state index contributed by atoms with van der Waals surface area (Å²) in [5, 5.41) is 0. The molecule has 0 heterocycles. The molecule has 0 N–H and O–H groups in total. The highest BCUT2D eigenvalue weighted by molar-refractivity contribution is 9.10. The first kappa shape index (κ1) is 13.8. The van der Waals surface area contributed by atoms with Crippen LogP contribution in [0.1, 0.15) is 18.9 Å². The van der Waals surface area contributed by atoms with Crippen LogP contribution in [-0.4, -0.2) is 19.8 Å². The molecule has 0 atom stereocenters. The van der Waals surface area contributed by atoms with Crippen LogP contribution in [0.4, 0.5) is 0 Å². The van der Waals surface area contributed by atoms with Gasteiger partial charge in [-0.3, -0.25) is 0 Å². The average molecular weight is 308 g/mol. The van der Waals surface area contributed by atoms with E-state index in [0.29, 0.717) is 19.1 Å². The van der Waals surface area contributed by atoms with Gasteiger partial charge in [0.25, 0.3) is 0 Å². The minimum atomic E-state index is 0.512. The Labute approximate surface area is 110 Å². The Morgan fingerprint density at radius 2 is 2.06 bits per heavy atom. The molecule has 90 valence electrons. The third-order valence-corrected chi connectivity index (χ3v) is 2.91. The summed E-state index contributed by atoms with van der Waals surface area (Å²) in [5.41, 5.74) is 1.07. The fourth-order valence-electron chi connectivity index (χ4n) is 1.20. The molecule has 0 aliphatic rings. The van der Waals surface area contributed by atoms with E-state index in [2.05, 4.69) is 22.9 Å². The van der Waals surface area contributed by atoms with Crippen molar-refractivity contribution < 1.29 is 9.47 Å². The number of hydrogen-bond acceptors (Lipinski definition) is 2. The predicted molar refractivity (Wildman–Crippen MR) is 70.3 cm³/mol. The summed E-state index contributed by atoms with van der Waals surface area (Å²) in [5.74, 6) is 1.34. The molecule has 0 radical (unpaired) electrons. The Morgan fingerprint density at radius 1 is 1.25 bits per heavy atom. The van der Waals surface area contributed by atoms with Gasteiger partial charge in [0.05, 0.1) is 11.1 Å². The Balaban J connectivity index is 2.36. The molecule has 4 heteroatoms. The molecule has 0 saturated carbocycles. The first-order chi connectivity index (χ1) is 7.77. The summed E-state index contributed by atoms with van der Waals surface area (Å²) >= 11 is 9.18. The second-order valence-corrected chi connectivity index (χ2v) is 4.48. The molecule has 1 rings (SSSR count). The minimum Gasteiger partial charge on any atom is -0.490 e. The van der Waals surface area contributed by atoms with E-state index in [4.69, 9.17) is 21.1 Å². The van der Waals surface area contributed by atoms with E-state index >= 15 is 0 Å². The van der Waals surface area contributed by atoms with Gasteiger partial charge in [0.1, 0.15) is 12.4 Å². The molecule has 0 bridgehead atoms. The molecular formula is C12H16BrClO2. The molecule has 0 aliphatic carbocycles. The molecular weight excluding hydrogens is 291 g/mol. The highest BCUT2D eigenvalue weighted by Gasteiger charge is 2.02. The fourth-order valence-corrected chi connectivity index (χ4v) is 1.91. The second-order valence-electron chi connectivity index (χ2n) is 3.36.